The molecule has 3 rings (SSSR count). The first-order chi connectivity index (χ1) is 14.4. The molecule has 0 aliphatic carbocycles. The van der Waals surface area contributed by atoms with Gasteiger partial charge in [-0.25, -0.2) is 4.39 Å². The number of halogens is 1. The minimum atomic E-state index is -0.714. The molecule has 0 heterocycles. The predicted molar refractivity (Wildman–Crippen MR) is 115 cm³/mol. The summed E-state index contributed by atoms with van der Waals surface area (Å²) < 4.78 is 18.7. The van der Waals surface area contributed by atoms with Gasteiger partial charge in [0.2, 0.25) is 0 Å². The third-order valence-electron chi connectivity index (χ3n) is 4.51. The Morgan fingerprint density at radius 3 is 2.30 bits per heavy atom. The van der Waals surface area contributed by atoms with Gasteiger partial charge in [-0.15, -0.1) is 0 Å². The van der Waals surface area contributed by atoms with Crippen LogP contribution < -0.4 is 15.4 Å². The second-order valence-electron chi connectivity index (χ2n) is 6.79. The molecule has 5 nitrogen and oxygen atoms in total. The molecule has 0 spiro atoms. The van der Waals surface area contributed by atoms with E-state index in [9.17, 15) is 14.0 Å². The van der Waals surface area contributed by atoms with E-state index in [4.69, 9.17) is 4.74 Å². The number of hydrogen-bond acceptors (Lipinski definition) is 3. The highest BCUT2D eigenvalue weighted by Crippen LogP contribution is 2.17. The van der Waals surface area contributed by atoms with Gasteiger partial charge in [0.25, 0.3) is 11.8 Å². The van der Waals surface area contributed by atoms with E-state index in [-0.39, 0.29) is 17.6 Å². The lowest BCUT2D eigenvalue weighted by atomic mass is 10.1. The van der Waals surface area contributed by atoms with Crippen LogP contribution in [-0.2, 0) is 11.2 Å². The Morgan fingerprint density at radius 1 is 0.933 bits per heavy atom. The number of aryl methyl sites for hydroxylation is 1. The first kappa shape index (κ1) is 21.0. The van der Waals surface area contributed by atoms with E-state index in [1.165, 1.54) is 29.8 Å². The number of anilines is 2. The zero-order valence-electron chi connectivity index (χ0n) is 16.8. The lowest BCUT2D eigenvalue weighted by Crippen LogP contribution is -2.30. The van der Waals surface area contributed by atoms with Gasteiger partial charge >= 0.3 is 0 Å². The Labute approximate surface area is 174 Å². The van der Waals surface area contributed by atoms with Crippen molar-refractivity contribution in [2.75, 3.05) is 10.6 Å². The molecule has 0 aliphatic rings. The van der Waals surface area contributed by atoms with E-state index in [1.807, 2.05) is 24.3 Å². The van der Waals surface area contributed by atoms with E-state index >= 15 is 0 Å². The number of carbonyl (C=O) groups excluding carboxylic acids is 2. The van der Waals surface area contributed by atoms with Crippen LogP contribution in [0.2, 0.25) is 0 Å². The summed E-state index contributed by atoms with van der Waals surface area (Å²) in [6, 6.07) is 19.6. The summed E-state index contributed by atoms with van der Waals surface area (Å²) in [5, 5.41) is 5.45. The molecule has 154 valence electrons. The predicted octanol–water partition coefficient (Wildman–Crippen LogP) is 5.05. The van der Waals surface area contributed by atoms with E-state index in [2.05, 4.69) is 17.6 Å². The van der Waals surface area contributed by atoms with Crippen LogP contribution in [0.4, 0.5) is 15.8 Å². The van der Waals surface area contributed by atoms with Crippen molar-refractivity contribution >= 4 is 23.2 Å². The van der Waals surface area contributed by atoms with Crippen LogP contribution in [0.3, 0.4) is 0 Å². The molecule has 3 aromatic carbocycles. The molecule has 0 bridgehead atoms. The summed E-state index contributed by atoms with van der Waals surface area (Å²) in [7, 11) is 0. The van der Waals surface area contributed by atoms with Crippen LogP contribution in [0.25, 0.3) is 0 Å². The highest BCUT2D eigenvalue weighted by molar-refractivity contribution is 6.05. The number of nitrogens with one attached hydrogen (secondary N) is 2. The first-order valence-electron chi connectivity index (χ1n) is 9.68. The summed E-state index contributed by atoms with van der Waals surface area (Å²) in [6.07, 6.45) is 0.218. The summed E-state index contributed by atoms with van der Waals surface area (Å²) in [4.78, 5) is 24.9. The zero-order valence-corrected chi connectivity index (χ0v) is 16.8. The lowest BCUT2D eigenvalue weighted by Gasteiger charge is -2.15. The fourth-order valence-electron chi connectivity index (χ4n) is 2.78. The van der Waals surface area contributed by atoms with Crippen molar-refractivity contribution in [1.82, 2.24) is 0 Å². The number of amides is 2. The molecule has 0 radical (unpaired) electrons. The van der Waals surface area contributed by atoms with Gasteiger partial charge in [-0.05, 0) is 73.5 Å². The number of carbonyl (C=O) groups is 2. The quantitative estimate of drug-likeness (QED) is 0.577. The molecule has 1 unspecified atom stereocenters. The third-order valence-corrected chi connectivity index (χ3v) is 4.51. The van der Waals surface area contributed by atoms with Crippen LogP contribution in [0.1, 0.15) is 29.8 Å². The van der Waals surface area contributed by atoms with Crippen LogP contribution in [0.5, 0.6) is 5.75 Å². The Morgan fingerprint density at radius 2 is 1.63 bits per heavy atom. The molecule has 1 atom stereocenters. The van der Waals surface area contributed by atoms with Gasteiger partial charge in [0.15, 0.2) is 6.10 Å². The van der Waals surface area contributed by atoms with Crippen molar-refractivity contribution < 1.29 is 18.7 Å². The minimum Gasteiger partial charge on any atom is -0.481 e. The molecular formula is C24H23FN2O3. The maximum atomic E-state index is 13.0. The highest BCUT2D eigenvalue weighted by Gasteiger charge is 2.16. The molecule has 0 saturated heterocycles. The minimum absolute atomic E-state index is 0.328. The van der Waals surface area contributed by atoms with Gasteiger partial charge in [-0.1, -0.05) is 25.1 Å². The van der Waals surface area contributed by atoms with Crippen molar-refractivity contribution in [3.8, 4) is 5.75 Å². The van der Waals surface area contributed by atoms with Crippen molar-refractivity contribution in [2.24, 2.45) is 0 Å². The number of rotatable bonds is 7. The average Bonchev–Trinajstić information content (AvgIpc) is 2.76. The second-order valence-corrected chi connectivity index (χ2v) is 6.79. The molecule has 6 heteroatoms. The smallest absolute Gasteiger partial charge is 0.265 e. The standard InChI is InChI=1S/C24H23FN2O3/c1-3-17-7-13-22(14-8-17)30-16(2)23(28)27-21-6-4-5-18(15-21)24(29)26-20-11-9-19(25)10-12-20/h4-16H,3H2,1-2H3,(H,26,29)(H,27,28). The zero-order chi connectivity index (χ0) is 21.5. The van der Waals surface area contributed by atoms with Gasteiger partial charge in [-0.2, -0.15) is 0 Å². The maximum absolute atomic E-state index is 13.0. The van der Waals surface area contributed by atoms with Crippen LogP contribution in [0, 0.1) is 5.82 Å². The van der Waals surface area contributed by atoms with Crippen LogP contribution in [-0.4, -0.2) is 17.9 Å². The largest absolute Gasteiger partial charge is 0.481 e. The molecule has 3 aromatic rings. The Kier molecular flexibility index (Phi) is 6.80. The van der Waals surface area contributed by atoms with E-state index < -0.39 is 6.10 Å². The van der Waals surface area contributed by atoms with Gasteiger partial charge in [-0.3, -0.25) is 9.59 Å². The molecule has 2 amide bonds. The monoisotopic (exact) mass is 406 g/mol. The third kappa shape index (κ3) is 5.67. The van der Waals surface area contributed by atoms with Crippen molar-refractivity contribution in [3.63, 3.8) is 0 Å². The summed E-state index contributed by atoms with van der Waals surface area (Å²) in [5.41, 5.74) is 2.51. The van der Waals surface area contributed by atoms with Crippen LogP contribution in [0.15, 0.2) is 72.8 Å². The van der Waals surface area contributed by atoms with Gasteiger partial charge < -0.3 is 15.4 Å². The lowest BCUT2D eigenvalue weighted by molar-refractivity contribution is -0.122. The Bertz CT molecular complexity index is 1020. The molecule has 0 aliphatic heterocycles. The topological polar surface area (TPSA) is 67.4 Å². The average molecular weight is 406 g/mol. The second kappa shape index (κ2) is 9.69. The van der Waals surface area contributed by atoms with E-state index in [1.54, 1.807) is 31.2 Å². The van der Waals surface area contributed by atoms with Crippen molar-refractivity contribution in [1.29, 1.82) is 0 Å². The Hall–Kier alpha value is -3.67. The Balaban J connectivity index is 1.61. The SMILES string of the molecule is CCc1ccc(OC(C)C(=O)Nc2cccc(C(=O)Nc3ccc(F)cc3)c2)cc1. The number of hydrogen-bond donors (Lipinski definition) is 2. The van der Waals surface area contributed by atoms with Crippen molar-refractivity contribution in [3.05, 3.63) is 89.7 Å². The van der Waals surface area contributed by atoms with Crippen molar-refractivity contribution in [2.45, 2.75) is 26.4 Å². The van der Waals surface area contributed by atoms with E-state index in [0.717, 1.165) is 6.42 Å². The summed E-state index contributed by atoms with van der Waals surface area (Å²) >= 11 is 0. The molecule has 0 saturated carbocycles. The number of ether oxygens (including phenoxy) is 1. The normalized spacial score (nSPS) is 11.4. The molecule has 0 aromatic heterocycles. The molecular weight excluding hydrogens is 383 g/mol. The van der Waals surface area contributed by atoms with Gasteiger partial charge in [0.1, 0.15) is 11.6 Å². The fourth-order valence-corrected chi connectivity index (χ4v) is 2.78. The molecule has 2 N–H and O–H groups in total. The summed E-state index contributed by atoms with van der Waals surface area (Å²) in [5.74, 6) is -0.457. The fraction of sp³-hybridized carbons (Fsp3) is 0.167. The van der Waals surface area contributed by atoms with Gasteiger partial charge in [0, 0.05) is 16.9 Å². The first-order valence-corrected chi connectivity index (χ1v) is 9.68. The van der Waals surface area contributed by atoms with Crippen LogP contribution >= 0.6 is 0 Å². The van der Waals surface area contributed by atoms with Gasteiger partial charge in [0.05, 0.1) is 0 Å². The molecule has 0 fully saturated rings. The van der Waals surface area contributed by atoms with E-state index in [0.29, 0.717) is 22.7 Å². The summed E-state index contributed by atoms with van der Waals surface area (Å²) in [6.45, 7) is 3.73. The maximum Gasteiger partial charge on any atom is 0.265 e. The number of benzene rings is 3. The highest BCUT2D eigenvalue weighted by atomic mass is 19.1. The molecule has 30 heavy (non-hydrogen) atoms.